The highest BCUT2D eigenvalue weighted by Crippen LogP contribution is 2.08. The van der Waals surface area contributed by atoms with E-state index < -0.39 is 0 Å². The van der Waals surface area contributed by atoms with Crippen LogP contribution in [0.5, 0.6) is 0 Å². The summed E-state index contributed by atoms with van der Waals surface area (Å²) in [7, 11) is 3.07. The van der Waals surface area contributed by atoms with Crippen molar-refractivity contribution in [3.05, 3.63) is 33.2 Å². The lowest BCUT2D eigenvalue weighted by molar-refractivity contribution is 0.708. The van der Waals surface area contributed by atoms with Gasteiger partial charge in [0.15, 0.2) is 5.52 Å². The molecule has 0 saturated heterocycles. The zero-order chi connectivity index (χ0) is 11.4. The molecular formula is C9H9N5O2. The van der Waals surface area contributed by atoms with E-state index >= 15 is 0 Å². The zero-order valence-corrected chi connectivity index (χ0v) is 8.76. The monoisotopic (exact) mass is 219 g/mol. The Bertz CT molecular complexity index is 816. The van der Waals surface area contributed by atoms with E-state index in [-0.39, 0.29) is 11.2 Å². The Morgan fingerprint density at radius 1 is 1.25 bits per heavy atom. The Hall–Kier alpha value is -2.31. The zero-order valence-electron chi connectivity index (χ0n) is 8.76. The van der Waals surface area contributed by atoms with Crippen molar-refractivity contribution in [2.75, 3.05) is 0 Å². The van der Waals surface area contributed by atoms with Gasteiger partial charge in [0.05, 0.1) is 0 Å². The molecule has 0 atom stereocenters. The number of aromatic amines is 1. The third kappa shape index (κ3) is 0.848. The van der Waals surface area contributed by atoms with Crippen LogP contribution in [0.1, 0.15) is 0 Å². The van der Waals surface area contributed by atoms with E-state index in [1.165, 1.54) is 11.6 Å². The minimum atomic E-state index is -0.359. The number of nitrogens with one attached hydrogen (secondary N) is 1. The molecule has 7 heteroatoms. The molecule has 0 saturated carbocycles. The van der Waals surface area contributed by atoms with Gasteiger partial charge in [-0.1, -0.05) is 0 Å². The summed E-state index contributed by atoms with van der Waals surface area (Å²) in [6.07, 6.45) is 3.27. The van der Waals surface area contributed by atoms with Gasteiger partial charge in [0.25, 0.3) is 5.56 Å². The smallest absolute Gasteiger partial charge is 0.309 e. The maximum Gasteiger partial charge on any atom is 0.332 e. The molecule has 3 aromatic rings. The average molecular weight is 219 g/mol. The second kappa shape index (κ2) is 2.63. The number of aromatic nitrogens is 5. The third-order valence-corrected chi connectivity index (χ3v) is 2.75. The highest BCUT2D eigenvalue weighted by molar-refractivity contribution is 5.75. The summed E-state index contributed by atoms with van der Waals surface area (Å²) in [5.41, 5.74) is 0.220. The van der Waals surface area contributed by atoms with Crippen LogP contribution in [-0.4, -0.2) is 23.5 Å². The van der Waals surface area contributed by atoms with E-state index in [1.807, 2.05) is 0 Å². The summed E-state index contributed by atoms with van der Waals surface area (Å²) < 4.78 is 4.11. The van der Waals surface area contributed by atoms with E-state index in [9.17, 15) is 9.59 Å². The van der Waals surface area contributed by atoms with Gasteiger partial charge in [0, 0.05) is 26.5 Å². The third-order valence-electron chi connectivity index (χ3n) is 2.75. The van der Waals surface area contributed by atoms with Crippen molar-refractivity contribution >= 4 is 16.9 Å². The summed E-state index contributed by atoms with van der Waals surface area (Å²) >= 11 is 0. The summed E-state index contributed by atoms with van der Waals surface area (Å²) in [6.45, 7) is 0. The fourth-order valence-electron chi connectivity index (χ4n) is 1.87. The first-order valence-corrected chi connectivity index (χ1v) is 4.72. The molecule has 16 heavy (non-hydrogen) atoms. The molecule has 1 N–H and O–H groups in total. The fraction of sp³-hybridized carbons (Fsp3) is 0.222. The topological polar surface area (TPSA) is 77.1 Å². The van der Waals surface area contributed by atoms with Crippen molar-refractivity contribution in [3.8, 4) is 0 Å². The molecule has 0 aliphatic heterocycles. The highest BCUT2D eigenvalue weighted by atomic mass is 16.2. The molecule has 7 nitrogen and oxygen atoms in total. The van der Waals surface area contributed by atoms with Crippen molar-refractivity contribution in [2.24, 2.45) is 14.1 Å². The lowest BCUT2D eigenvalue weighted by atomic mass is 10.5. The number of imidazole rings is 2. The minimum Gasteiger partial charge on any atom is -0.309 e. The number of hydrogen-bond donors (Lipinski definition) is 1. The van der Waals surface area contributed by atoms with Crippen LogP contribution in [-0.2, 0) is 14.1 Å². The van der Waals surface area contributed by atoms with Gasteiger partial charge in [0.1, 0.15) is 5.65 Å². The predicted octanol–water partition coefficient (Wildman–Crippen LogP) is -0.787. The van der Waals surface area contributed by atoms with Crippen LogP contribution in [0.4, 0.5) is 0 Å². The van der Waals surface area contributed by atoms with E-state index in [2.05, 4.69) is 9.97 Å². The quantitative estimate of drug-likeness (QED) is 0.538. The lowest BCUT2D eigenvalue weighted by Gasteiger charge is -2.02. The molecule has 0 bridgehead atoms. The van der Waals surface area contributed by atoms with Crippen LogP contribution < -0.4 is 11.2 Å². The minimum absolute atomic E-state index is 0.331. The van der Waals surface area contributed by atoms with Gasteiger partial charge in [-0.25, -0.2) is 9.78 Å². The predicted molar refractivity (Wildman–Crippen MR) is 57.5 cm³/mol. The molecule has 3 rings (SSSR count). The maximum absolute atomic E-state index is 12.0. The molecule has 0 amide bonds. The van der Waals surface area contributed by atoms with Crippen LogP contribution in [0.2, 0.25) is 0 Å². The number of fused-ring (bicyclic) bond motifs is 3. The number of rotatable bonds is 0. The van der Waals surface area contributed by atoms with E-state index in [0.717, 1.165) is 4.57 Å². The van der Waals surface area contributed by atoms with E-state index in [0.29, 0.717) is 16.9 Å². The molecule has 0 radical (unpaired) electrons. The Kier molecular flexibility index (Phi) is 1.47. The van der Waals surface area contributed by atoms with E-state index in [4.69, 9.17) is 0 Å². The first kappa shape index (κ1) is 8.96. The number of hydrogen-bond acceptors (Lipinski definition) is 3. The SMILES string of the molecule is Cn1c(=O)c2c([nH]c3nccn32)n(C)c1=O. The molecular weight excluding hydrogens is 210 g/mol. The van der Waals surface area contributed by atoms with Crippen molar-refractivity contribution in [1.82, 2.24) is 23.5 Å². The van der Waals surface area contributed by atoms with E-state index in [1.54, 1.807) is 23.8 Å². The van der Waals surface area contributed by atoms with Crippen LogP contribution >= 0.6 is 0 Å². The largest absolute Gasteiger partial charge is 0.332 e. The van der Waals surface area contributed by atoms with Crippen LogP contribution in [0.15, 0.2) is 22.0 Å². The Morgan fingerprint density at radius 2 is 2.00 bits per heavy atom. The number of aryl methyl sites for hydroxylation is 1. The van der Waals surface area contributed by atoms with Crippen molar-refractivity contribution in [1.29, 1.82) is 0 Å². The van der Waals surface area contributed by atoms with Gasteiger partial charge in [-0.3, -0.25) is 18.3 Å². The van der Waals surface area contributed by atoms with Crippen molar-refractivity contribution in [3.63, 3.8) is 0 Å². The molecule has 0 unspecified atom stereocenters. The highest BCUT2D eigenvalue weighted by Gasteiger charge is 2.14. The van der Waals surface area contributed by atoms with Gasteiger partial charge < -0.3 is 4.98 Å². The fourth-order valence-corrected chi connectivity index (χ4v) is 1.87. The van der Waals surface area contributed by atoms with Crippen LogP contribution in [0.25, 0.3) is 16.9 Å². The Labute approximate surface area is 88.6 Å². The van der Waals surface area contributed by atoms with Gasteiger partial charge in [0.2, 0.25) is 5.78 Å². The second-order valence-electron chi connectivity index (χ2n) is 3.65. The number of nitrogens with zero attached hydrogens (tertiary/aromatic N) is 4. The van der Waals surface area contributed by atoms with Gasteiger partial charge in [-0.2, -0.15) is 0 Å². The van der Waals surface area contributed by atoms with Gasteiger partial charge in [-0.05, 0) is 0 Å². The molecule has 0 aromatic carbocycles. The summed E-state index contributed by atoms with van der Waals surface area (Å²) in [5.74, 6) is 0.549. The van der Waals surface area contributed by atoms with Crippen LogP contribution in [0, 0.1) is 0 Å². The molecule has 0 aliphatic carbocycles. The lowest BCUT2D eigenvalue weighted by Crippen LogP contribution is -2.37. The summed E-state index contributed by atoms with van der Waals surface area (Å²) in [5, 5.41) is 0. The molecule has 3 aromatic heterocycles. The van der Waals surface area contributed by atoms with Gasteiger partial charge >= 0.3 is 5.69 Å². The van der Waals surface area contributed by atoms with Crippen LogP contribution in [0.3, 0.4) is 0 Å². The first-order valence-electron chi connectivity index (χ1n) is 4.72. The molecule has 0 aliphatic rings. The molecule has 82 valence electrons. The average Bonchev–Trinajstić information content (AvgIpc) is 2.82. The second-order valence-corrected chi connectivity index (χ2v) is 3.65. The Balaban J connectivity index is 2.79. The summed E-state index contributed by atoms with van der Waals surface area (Å²) in [4.78, 5) is 30.6. The molecule has 0 fully saturated rings. The normalized spacial score (nSPS) is 11.6. The van der Waals surface area contributed by atoms with Crippen molar-refractivity contribution < 1.29 is 0 Å². The molecule has 3 heterocycles. The maximum atomic E-state index is 12.0. The first-order chi connectivity index (χ1) is 7.61. The number of H-pyrrole nitrogens is 1. The van der Waals surface area contributed by atoms with Crippen molar-refractivity contribution in [2.45, 2.75) is 0 Å². The standard InChI is InChI=1S/C9H9N5O2/c1-12-6-5(7(15)13(2)9(12)16)14-4-3-10-8(14)11-6/h3-4H,1-2H3,(H,10,11). The Morgan fingerprint density at radius 3 is 2.75 bits per heavy atom. The summed E-state index contributed by atoms with van der Waals surface area (Å²) in [6, 6.07) is 0. The molecule has 0 spiro atoms. The van der Waals surface area contributed by atoms with Gasteiger partial charge in [-0.15, -0.1) is 0 Å².